The maximum Gasteiger partial charge on any atom is 0.269 e. The van der Waals surface area contributed by atoms with Crippen LogP contribution in [-0.4, -0.2) is 11.8 Å². The molecule has 0 aromatic heterocycles. The first-order chi connectivity index (χ1) is 11.0. The number of amides is 2. The molecule has 6 heteroatoms. The zero-order valence-electron chi connectivity index (χ0n) is 12.5. The lowest BCUT2D eigenvalue weighted by Crippen LogP contribution is -2.41. The molecule has 2 aromatic carbocycles. The van der Waals surface area contributed by atoms with Crippen molar-refractivity contribution in [3.8, 4) is 0 Å². The molecule has 2 aromatic rings. The Labute approximate surface area is 144 Å². The van der Waals surface area contributed by atoms with Crippen LogP contribution in [0.25, 0.3) is 0 Å². The van der Waals surface area contributed by atoms with Gasteiger partial charge in [-0.3, -0.25) is 20.4 Å². The normalized spacial score (nSPS) is 10.2. The molecule has 0 radical (unpaired) electrons. The monoisotopic (exact) mass is 350 g/mol. The fourth-order valence-electron chi connectivity index (χ4n) is 1.94. The second kappa shape index (κ2) is 7.99. The van der Waals surface area contributed by atoms with Crippen LogP contribution in [0.5, 0.6) is 0 Å². The Hall–Kier alpha value is -2.04. The van der Waals surface area contributed by atoms with Crippen LogP contribution in [0.15, 0.2) is 42.5 Å². The smallest absolute Gasteiger partial charge is 0.269 e. The summed E-state index contributed by atoms with van der Waals surface area (Å²) in [7, 11) is 0. The predicted octanol–water partition coefficient (Wildman–Crippen LogP) is 3.70. The highest BCUT2D eigenvalue weighted by atomic mass is 35.5. The van der Waals surface area contributed by atoms with E-state index in [0.29, 0.717) is 22.0 Å². The maximum atomic E-state index is 11.9. The van der Waals surface area contributed by atoms with E-state index in [1.54, 1.807) is 18.2 Å². The molecule has 0 aliphatic carbocycles. The molecule has 0 unspecified atom stereocenters. The second-order valence-corrected chi connectivity index (χ2v) is 5.94. The summed E-state index contributed by atoms with van der Waals surface area (Å²) >= 11 is 11.9. The van der Waals surface area contributed by atoms with Crippen LogP contribution in [0.3, 0.4) is 0 Å². The van der Waals surface area contributed by atoms with Crippen molar-refractivity contribution in [2.45, 2.75) is 19.8 Å². The van der Waals surface area contributed by atoms with Gasteiger partial charge in [0.05, 0.1) is 0 Å². The summed E-state index contributed by atoms with van der Waals surface area (Å²) in [6.45, 7) is 1.92. The van der Waals surface area contributed by atoms with Crippen LogP contribution in [0.2, 0.25) is 10.0 Å². The number of hydrazine groups is 1. The molecule has 2 amide bonds. The summed E-state index contributed by atoms with van der Waals surface area (Å²) in [5, 5.41) is 1.14. The molecule has 0 heterocycles. The van der Waals surface area contributed by atoms with Crippen molar-refractivity contribution in [1.29, 1.82) is 0 Å². The number of hydrogen-bond acceptors (Lipinski definition) is 2. The van der Waals surface area contributed by atoms with Crippen LogP contribution < -0.4 is 10.9 Å². The van der Waals surface area contributed by atoms with Gasteiger partial charge in [-0.25, -0.2) is 0 Å². The minimum absolute atomic E-state index is 0.245. The van der Waals surface area contributed by atoms with Gasteiger partial charge >= 0.3 is 0 Å². The summed E-state index contributed by atoms with van der Waals surface area (Å²) in [5.41, 5.74) is 7.08. The highest BCUT2D eigenvalue weighted by Crippen LogP contribution is 2.17. The lowest BCUT2D eigenvalue weighted by Gasteiger charge is -2.08. The first kappa shape index (κ1) is 17.3. The predicted molar refractivity (Wildman–Crippen MR) is 91.6 cm³/mol. The third-order valence-electron chi connectivity index (χ3n) is 3.28. The average molecular weight is 351 g/mol. The zero-order chi connectivity index (χ0) is 16.8. The van der Waals surface area contributed by atoms with E-state index in [4.69, 9.17) is 23.2 Å². The van der Waals surface area contributed by atoms with Crippen LogP contribution in [-0.2, 0) is 11.2 Å². The van der Waals surface area contributed by atoms with Crippen molar-refractivity contribution in [2.75, 3.05) is 0 Å². The van der Waals surface area contributed by atoms with Crippen molar-refractivity contribution in [3.63, 3.8) is 0 Å². The third-order valence-corrected chi connectivity index (χ3v) is 3.92. The van der Waals surface area contributed by atoms with E-state index in [9.17, 15) is 9.59 Å². The number of carbonyl (C=O) groups is 2. The van der Waals surface area contributed by atoms with Crippen LogP contribution in [0.4, 0.5) is 0 Å². The van der Waals surface area contributed by atoms with Gasteiger partial charge in [0.25, 0.3) is 5.91 Å². The Morgan fingerprint density at radius 3 is 2.52 bits per heavy atom. The molecule has 0 saturated carbocycles. The molecule has 2 N–H and O–H groups in total. The van der Waals surface area contributed by atoms with Crippen molar-refractivity contribution >= 4 is 35.0 Å². The average Bonchev–Trinajstić information content (AvgIpc) is 2.53. The molecular formula is C17H16Cl2N2O2. The lowest BCUT2D eigenvalue weighted by atomic mass is 10.1. The maximum absolute atomic E-state index is 11.9. The van der Waals surface area contributed by atoms with Crippen LogP contribution in [0.1, 0.15) is 27.9 Å². The van der Waals surface area contributed by atoms with E-state index in [2.05, 4.69) is 10.9 Å². The van der Waals surface area contributed by atoms with Crippen molar-refractivity contribution in [2.24, 2.45) is 0 Å². The molecule has 0 bridgehead atoms. The minimum Gasteiger partial charge on any atom is -0.273 e. The lowest BCUT2D eigenvalue weighted by molar-refractivity contribution is -0.121. The highest BCUT2D eigenvalue weighted by Gasteiger charge is 2.08. The Morgan fingerprint density at radius 1 is 1.04 bits per heavy atom. The Bertz CT molecular complexity index is 732. The Balaban J connectivity index is 1.81. The molecule has 120 valence electrons. The largest absolute Gasteiger partial charge is 0.273 e. The first-order valence-corrected chi connectivity index (χ1v) is 7.81. The van der Waals surface area contributed by atoms with E-state index in [1.807, 2.05) is 25.1 Å². The van der Waals surface area contributed by atoms with Crippen LogP contribution >= 0.6 is 23.2 Å². The van der Waals surface area contributed by atoms with Gasteiger partial charge in [-0.1, -0.05) is 41.4 Å². The topological polar surface area (TPSA) is 58.2 Å². The van der Waals surface area contributed by atoms with E-state index < -0.39 is 5.91 Å². The standard InChI is InChI=1S/C17H16Cl2N2O2/c1-11-5-6-12(9-15(11)19)7-8-16(22)20-21-17(23)13-3-2-4-14(18)10-13/h2-6,9-10H,7-8H2,1H3,(H,20,22)(H,21,23). The van der Waals surface area contributed by atoms with E-state index in [1.165, 1.54) is 6.07 Å². The molecule has 0 spiro atoms. The quantitative estimate of drug-likeness (QED) is 0.826. The molecule has 0 aliphatic heterocycles. The van der Waals surface area contributed by atoms with Gasteiger partial charge in [-0.05, 0) is 48.7 Å². The summed E-state index contributed by atoms with van der Waals surface area (Å²) in [6.07, 6.45) is 0.786. The van der Waals surface area contributed by atoms with Gasteiger partial charge in [-0.2, -0.15) is 0 Å². The third kappa shape index (κ3) is 5.27. The second-order valence-electron chi connectivity index (χ2n) is 5.10. The van der Waals surface area contributed by atoms with Gasteiger partial charge in [0.2, 0.25) is 5.91 Å². The molecule has 0 aliphatic rings. The number of halogens is 2. The molecule has 0 fully saturated rings. The fraction of sp³-hybridized carbons (Fsp3) is 0.176. The number of benzene rings is 2. The van der Waals surface area contributed by atoms with Crippen molar-refractivity contribution in [3.05, 3.63) is 69.2 Å². The van der Waals surface area contributed by atoms with E-state index in [0.717, 1.165) is 11.1 Å². The van der Waals surface area contributed by atoms with Gasteiger partial charge in [0, 0.05) is 22.0 Å². The summed E-state index contributed by atoms with van der Waals surface area (Å²) in [5.74, 6) is -0.698. The van der Waals surface area contributed by atoms with E-state index >= 15 is 0 Å². The number of hydrogen-bond donors (Lipinski definition) is 2. The fourth-order valence-corrected chi connectivity index (χ4v) is 2.33. The summed E-state index contributed by atoms with van der Waals surface area (Å²) in [6, 6.07) is 12.2. The first-order valence-electron chi connectivity index (χ1n) is 7.05. The van der Waals surface area contributed by atoms with E-state index in [-0.39, 0.29) is 12.3 Å². The Morgan fingerprint density at radius 2 is 1.83 bits per heavy atom. The van der Waals surface area contributed by atoms with Crippen molar-refractivity contribution in [1.82, 2.24) is 10.9 Å². The molecule has 2 rings (SSSR count). The number of aryl methyl sites for hydroxylation is 2. The summed E-state index contributed by atoms with van der Waals surface area (Å²) in [4.78, 5) is 23.6. The summed E-state index contributed by atoms with van der Waals surface area (Å²) < 4.78 is 0. The van der Waals surface area contributed by atoms with Gasteiger partial charge in [0.15, 0.2) is 0 Å². The van der Waals surface area contributed by atoms with Gasteiger partial charge < -0.3 is 0 Å². The molecular weight excluding hydrogens is 335 g/mol. The molecule has 0 atom stereocenters. The van der Waals surface area contributed by atoms with Crippen LogP contribution in [0, 0.1) is 6.92 Å². The minimum atomic E-state index is -0.417. The number of nitrogens with one attached hydrogen (secondary N) is 2. The van der Waals surface area contributed by atoms with Gasteiger partial charge in [-0.15, -0.1) is 0 Å². The van der Waals surface area contributed by atoms with Gasteiger partial charge in [0.1, 0.15) is 0 Å². The highest BCUT2D eigenvalue weighted by molar-refractivity contribution is 6.31. The SMILES string of the molecule is Cc1ccc(CCC(=O)NNC(=O)c2cccc(Cl)c2)cc1Cl. The molecule has 4 nitrogen and oxygen atoms in total. The Kier molecular flexibility index (Phi) is 6.02. The molecule has 0 saturated heterocycles. The number of carbonyl (C=O) groups excluding carboxylic acids is 2. The van der Waals surface area contributed by atoms with Crippen molar-refractivity contribution < 1.29 is 9.59 Å². The number of rotatable bonds is 4. The molecule has 23 heavy (non-hydrogen) atoms. The zero-order valence-corrected chi connectivity index (χ0v) is 14.0.